The second-order valence-electron chi connectivity index (χ2n) is 5.84. The number of ketones is 1. The van der Waals surface area contributed by atoms with Crippen LogP contribution in [0, 0.1) is 17.8 Å². The number of nitrogens with one attached hydrogen (secondary N) is 1. The number of ether oxygens (including phenoxy) is 1. The Hall–Kier alpha value is -1.06. The summed E-state index contributed by atoms with van der Waals surface area (Å²) in [5, 5.41) is 2.76. The highest BCUT2D eigenvalue weighted by Gasteiger charge is 2.55. The number of carbonyl (C=O) groups excluding carboxylic acids is 2. The Bertz CT molecular complexity index is 305. The molecule has 0 heterocycles. The van der Waals surface area contributed by atoms with Crippen molar-refractivity contribution in [2.75, 3.05) is 6.54 Å². The minimum Gasteiger partial charge on any atom is -0.444 e. The van der Waals surface area contributed by atoms with Gasteiger partial charge in [0.1, 0.15) is 11.4 Å². The van der Waals surface area contributed by atoms with Crippen molar-refractivity contribution in [2.45, 2.75) is 39.2 Å². The molecule has 16 heavy (non-hydrogen) atoms. The van der Waals surface area contributed by atoms with E-state index in [0.717, 1.165) is 12.8 Å². The van der Waals surface area contributed by atoms with E-state index in [-0.39, 0.29) is 6.09 Å². The number of alkyl carbamates (subject to hydrolysis) is 1. The van der Waals surface area contributed by atoms with Crippen LogP contribution >= 0.6 is 0 Å². The second-order valence-corrected chi connectivity index (χ2v) is 5.84. The van der Waals surface area contributed by atoms with Gasteiger partial charge in [-0.05, 0) is 39.5 Å². The molecule has 1 N–H and O–H groups in total. The van der Waals surface area contributed by atoms with Gasteiger partial charge in [-0.25, -0.2) is 4.79 Å². The van der Waals surface area contributed by atoms with Gasteiger partial charge in [0.15, 0.2) is 0 Å². The summed E-state index contributed by atoms with van der Waals surface area (Å²) in [5.74, 6) is 1.50. The number of Topliss-reactive ketones (excluding diaryl/α,β-unsaturated/α-hetero) is 1. The molecule has 0 saturated heterocycles. The SMILES string of the molecule is CC(C)(C)OC(=O)NCC1CC2C(=O)C2C1. The zero-order valence-electron chi connectivity index (χ0n) is 10.1. The summed E-state index contributed by atoms with van der Waals surface area (Å²) in [6.07, 6.45) is 1.53. The molecular weight excluding hydrogens is 206 g/mol. The molecule has 2 unspecified atom stereocenters. The lowest BCUT2D eigenvalue weighted by atomic mass is 10.0. The molecule has 0 spiro atoms. The van der Waals surface area contributed by atoms with Gasteiger partial charge in [-0.15, -0.1) is 0 Å². The van der Waals surface area contributed by atoms with E-state index in [1.807, 2.05) is 20.8 Å². The lowest BCUT2D eigenvalue weighted by molar-refractivity contribution is -0.112. The largest absolute Gasteiger partial charge is 0.444 e. The third-order valence-corrected chi connectivity index (χ3v) is 3.22. The Morgan fingerprint density at radius 3 is 2.44 bits per heavy atom. The van der Waals surface area contributed by atoms with Crippen LogP contribution in [0.1, 0.15) is 33.6 Å². The van der Waals surface area contributed by atoms with E-state index in [1.54, 1.807) is 0 Å². The number of fused-ring (bicyclic) bond motifs is 1. The highest BCUT2D eigenvalue weighted by molar-refractivity contribution is 6.00. The van der Waals surface area contributed by atoms with Crippen molar-refractivity contribution >= 4 is 11.9 Å². The molecule has 0 radical (unpaired) electrons. The Kier molecular flexibility index (Phi) is 2.68. The van der Waals surface area contributed by atoms with Gasteiger partial charge in [-0.1, -0.05) is 0 Å². The maximum Gasteiger partial charge on any atom is 0.407 e. The fourth-order valence-electron chi connectivity index (χ4n) is 2.43. The van der Waals surface area contributed by atoms with Crippen LogP contribution in [0.15, 0.2) is 0 Å². The fraction of sp³-hybridized carbons (Fsp3) is 0.833. The molecule has 2 saturated carbocycles. The number of carbonyl (C=O) groups is 2. The van der Waals surface area contributed by atoms with Gasteiger partial charge >= 0.3 is 6.09 Å². The zero-order chi connectivity index (χ0) is 11.9. The lowest BCUT2D eigenvalue weighted by Crippen LogP contribution is -2.35. The molecule has 90 valence electrons. The summed E-state index contributed by atoms with van der Waals surface area (Å²) in [5.41, 5.74) is -0.447. The average Bonchev–Trinajstić information content (AvgIpc) is 2.63. The normalized spacial score (nSPS) is 32.2. The summed E-state index contributed by atoms with van der Waals surface area (Å²) in [6.45, 7) is 6.16. The van der Waals surface area contributed by atoms with Crippen molar-refractivity contribution in [3.8, 4) is 0 Å². The first-order valence-electron chi connectivity index (χ1n) is 5.87. The van der Waals surface area contributed by atoms with E-state index in [2.05, 4.69) is 5.32 Å². The van der Waals surface area contributed by atoms with Crippen LogP contribution in [0.5, 0.6) is 0 Å². The van der Waals surface area contributed by atoms with Gasteiger partial charge in [-0.3, -0.25) is 4.79 Å². The van der Waals surface area contributed by atoms with E-state index in [4.69, 9.17) is 4.74 Å². The predicted octanol–water partition coefficient (Wildman–Crippen LogP) is 1.74. The summed E-state index contributed by atoms with van der Waals surface area (Å²) in [6, 6.07) is 0. The van der Waals surface area contributed by atoms with Crippen molar-refractivity contribution in [2.24, 2.45) is 17.8 Å². The van der Waals surface area contributed by atoms with Crippen LogP contribution in [0.25, 0.3) is 0 Å². The average molecular weight is 225 g/mol. The molecule has 0 aromatic rings. The molecule has 0 bridgehead atoms. The summed E-state index contributed by atoms with van der Waals surface area (Å²) in [7, 11) is 0. The zero-order valence-corrected chi connectivity index (χ0v) is 10.1. The molecule has 0 aromatic heterocycles. The molecule has 0 aliphatic heterocycles. The van der Waals surface area contributed by atoms with Crippen LogP contribution in [0.2, 0.25) is 0 Å². The summed E-state index contributed by atoms with van der Waals surface area (Å²) in [4.78, 5) is 22.4. The predicted molar refractivity (Wildman–Crippen MR) is 58.9 cm³/mol. The first-order chi connectivity index (χ1) is 7.37. The van der Waals surface area contributed by atoms with E-state index >= 15 is 0 Å². The van der Waals surface area contributed by atoms with E-state index in [9.17, 15) is 9.59 Å². The second kappa shape index (κ2) is 3.75. The van der Waals surface area contributed by atoms with Crippen LogP contribution in [-0.4, -0.2) is 24.0 Å². The summed E-state index contributed by atoms with van der Waals surface area (Å²) < 4.78 is 5.14. The standard InChI is InChI=1S/C12H19NO3/c1-12(2,3)16-11(15)13-6-7-4-8-9(5-7)10(8)14/h7-9H,4-6H2,1-3H3,(H,13,15). The van der Waals surface area contributed by atoms with Crippen molar-refractivity contribution in [3.05, 3.63) is 0 Å². The van der Waals surface area contributed by atoms with E-state index in [1.165, 1.54) is 0 Å². The van der Waals surface area contributed by atoms with Gasteiger partial charge < -0.3 is 10.1 Å². The molecule has 2 aliphatic rings. The lowest BCUT2D eigenvalue weighted by Gasteiger charge is -2.20. The topological polar surface area (TPSA) is 55.4 Å². The molecule has 1 amide bonds. The molecular formula is C12H19NO3. The van der Waals surface area contributed by atoms with Gasteiger partial charge in [-0.2, -0.15) is 0 Å². The number of rotatable bonds is 2. The molecule has 4 heteroatoms. The Morgan fingerprint density at radius 2 is 1.94 bits per heavy atom. The van der Waals surface area contributed by atoms with Gasteiger partial charge in [0, 0.05) is 18.4 Å². The third kappa shape index (κ3) is 2.54. The minimum atomic E-state index is -0.447. The van der Waals surface area contributed by atoms with Crippen molar-refractivity contribution in [1.82, 2.24) is 5.32 Å². The van der Waals surface area contributed by atoms with Crippen molar-refractivity contribution < 1.29 is 14.3 Å². The maximum absolute atomic E-state index is 11.4. The quantitative estimate of drug-likeness (QED) is 0.778. The molecule has 2 fully saturated rings. The number of hydrogen-bond donors (Lipinski definition) is 1. The van der Waals surface area contributed by atoms with Crippen LogP contribution in [-0.2, 0) is 9.53 Å². The first-order valence-corrected chi connectivity index (χ1v) is 5.87. The molecule has 4 nitrogen and oxygen atoms in total. The minimum absolute atomic E-state index is 0.311. The summed E-state index contributed by atoms with van der Waals surface area (Å²) >= 11 is 0. The first kappa shape index (κ1) is 11.4. The molecule has 0 aromatic carbocycles. The Labute approximate surface area is 95.7 Å². The molecule has 2 rings (SSSR count). The van der Waals surface area contributed by atoms with Crippen LogP contribution < -0.4 is 5.32 Å². The third-order valence-electron chi connectivity index (χ3n) is 3.22. The maximum atomic E-state index is 11.4. The highest BCUT2D eigenvalue weighted by atomic mass is 16.6. The van der Waals surface area contributed by atoms with Crippen LogP contribution in [0.4, 0.5) is 4.79 Å². The van der Waals surface area contributed by atoms with Gasteiger partial charge in [0.25, 0.3) is 0 Å². The Morgan fingerprint density at radius 1 is 1.38 bits per heavy atom. The van der Waals surface area contributed by atoms with Gasteiger partial charge in [0.05, 0.1) is 0 Å². The van der Waals surface area contributed by atoms with E-state index in [0.29, 0.717) is 30.1 Å². The highest BCUT2D eigenvalue weighted by Crippen LogP contribution is 2.50. The number of hydrogen-bond acceptors (Lipinski definition) is 3. The van der Waals surface area contributed by atoms with Crippen LogP contribution in [0.3, 0.4) is 0 Å². The molecule has 2 aliphatic carbocycles. The number of amides is 1. The van der Waals surface area contributed by atoms with Gasteiger partial charge in [0.2, 0.25) is 0 Å². The monoisotopic (exact) mass is 225 g/mol. The van der Waals surface area contributed by atoms with Crippen molar-refractivity contribution in [1.29, 1.82) is 0 Å². The van der Waals surface area contributed by atoms with E-state index < -0.39 is 5.60 Å². The van der Waals surface area contributed by atoms with Crippen molar-refractivity contribution in [3.63, 3.8) is 0 Å². The fourth-order valence-corrected chi connectivity index (χ4v) is 2.43. The molecule has 2 atom stereocenters. The smallest absolute Gasteiger partial charge is 0.407 e. The Balaban J connectivity index is 1.65.